The SMILES string of the molecule is COC(=O)c1cc(F)c(C#N)cc1F. The molecule has 1 rings (SSSR count). The number of nitriles is 1. The van der Waals surface area contributed by atoms with Gasteiger partial charge in [-0.1, -0.05) is 0 Å². The molecule has 5 heteroatoms. The topological polar surface area (TPSA) is 50.1 Å². The Morgan fingerprint density at radius 2 is 2.07 bits per heavy atom. The number of benzene rings is 1. The number of hydrogen-bond donors (Lipinski definition) is 0. The van der Waals surface area contributed by atoms with E-state index in [1.54, 1.807) is 0 Å². The molecule has 0 fully saturated rings. The van der Waals surface area contributed by atoms with Gasteiger partial charge in [0.1, 0.15) is 17.7 Å². The van der Waals surface area contributed by atoms with Crippen molar-refractivity contribution in [1.29, 1.82) is 5.26 Å². The molecular weight excluding hydrogens is 192 g/mol. The van der Waals surface area contributed by atoms with Crippen molar-refractivity contribution in [1.82, 2.24) is 0 Å². The van der Waals surface area contributed by atoms with Gasteiger partial charge in [0.05, 0.1) is 18.2 Å². The van der Waals surface area contributed by atoms with Crippen LogP contribution in [0.1, 0.15) is 15.9 Å². The summed E-state index contributed by atoms with van der Waals surface area (Å²) in [5.74, 6) is -2.91. The molecule has 72 valence electrons. The first-order valence-corrected chi connectivity index (χ1v) is 3.57. The van der Waals surface area contributed by atoms with Crippen LogP contribution in [-0.2, 0) is 4.74 Å². The third-order valence-corrected chi connectivity index (χ3v) is 1.58. The highest BCUT2D eigenvalue weighted by Crippen LogP contribution is 2.14. The molecule has 0 aromatic heterocycles. The number of methoxy groups -OCH3 is 1. The summed E-state index contributed by atoms with van der Waals surface area (Å²) in [7, 11) is 1.05. The van der Waals surface area contributed by atoms with Crippen LogP contribution in [0, 0.1) is 23.0 Å². The number of nitrogens with zero attached hydrogens (tertiary/aromatic N) is 1. The summed E-state index contributed by atoms with van der Waals surface area (Å²) in [5.41, 5.74) is -0.973. The van der Waals surface area contributed by atoms with E-state index in [9.17, 15) is 13.6 Å². The standard InChI is InChI=1S/C9H5F2NO2/c1-14-9(13)6-3-7(10)5(4-12)2-8(6)11/h2-3H,1H3. The van der Waals surface area contributed by atoms with Gasteiger partial charge in [-0.15, -0.1) is 0 Å². The van der Waals surface area contributed by atoms with Gasteiger partial charge in [0.15, 0.2) is 0 Å². The second-order valence-corrected chi connectivity index (χ2v) is 2.42. The Morgan fingerprint density at radius 1 is 1.43 bits per heavy atom. The molecule has 0 saturated heterocycles. The third-order valence-electron chi connectivity index (χ3n) is 1.58. The lowest BCUT2D eigenvalue weighted by atomic mass is 10.1. The van der Waals surface area contributed by atoms with E-state index in [4.69, 9.17) is 5.26 Å². The minimum atomic E-state index is -0.981. The van der Waals surface area contributed by atoms with Gasteiger partial charge in [0, 0.05) is 0 Å². The van der Waals surface area contributed by atoms with E-state index >= 15 is 0 Å². The van der Waals surface area contributed by atoms with Gasteiger partial charge >= 0.3 is 5.97 Å². The highest BCUT2D eigenvalue weighted by Gasteiger charge is 2.15. The van der Waals surface area contributed by atoms with Crippen molar-refractivity contribution in [2.24, 2.45) is 0 Å². The van der Waals surface area contributed by atoms with Crippen LogP contribution in [0.4, 0.5) is 8.78 Å². The fraction of sp³-hybridized carbons (Fsp3) is 0.111. The lowest BCUT2D eigenvalue weighted by Gasteiger charge is -2.01. The number of carbonyl (C=O) groups is 1. The summed E-state index contributed by atoms with van der Waals surface area (Å²) in [4.78, 5) is 10.9. The molecule has 1 aromatic carbocycles. The Morgan fingerprint density at radius 3 is 2.57 bits per heavy atom. The zero-order chi connectivity index (χ0) is 10.7. The first-order chi connectivity index (χ1) is 6.60. The molecule has 0 aliphatic rings. The van der Waals surface area contributed by atoms with Crippen LogP contribution in [0.25, 0.3) is 0 Å². The van der Waals surface area contributed by atoms with E-state index < -0.39 is 28.7 Å². The predicted molar refractivity (Wildman–Crippen MR) is 42.4 cm³/mol. The minimum absolute atomic E-state index is 0.449. The van der Waals surface area contributed by atoms with Crippen molar-refractivity contribution >= 4 is 5.97 Å². The number of carbonyl (C=O) groups excluding carboxylic acids is 1. The van der Waals surface area contributed by atoms with Crippen molar-refractivity contribution in [3.8, 4) is 6.07 Å². The van der Waals surface area contributed by atoms with Crippen LogP contribution in [0.5, 0.6) is 0 Å². The molecule has 0 spiro atoms. The predicted octanol–water partition coefficient (Wildman–Crippen LogP) is 1.62. The lowest BCUT2D eigenvalue weighted by molar-refractivity contribution is 0.0595. The summed E-state index contributed by atoms with van der Waals surface area (Å²) in [6.45, 7) is 0. The number of ether oxygens (including phenoxy) is 1. The van der Waals surface area contributed by atoms with Gasteiger partial charge in [-0.2, -0.15) is 5.26 Å². The number of hydrogen-bond acceptors (Lipinski definition) is 3. The molecule has 3 nitrogen and oxygen atoms in total. The molecule has 0 amide bonds. The highest BCUT2D eigenvalue weighted by atomic mass is 19.1. The van der Waals surface area contributed by atoms with Gasteiger partial charge in [-0.05, 0) is 12.1 Å². The first kappa shape index (κ1) is 10.1. The van der Waals surface area contributed by atoms with Gasteiger partial charge in [-0.25, -0.2) is 13.6 Å². The summed E-state index contributed by atoms with van der Waals surface area (Å²) in [6.07, 6.45) is 0. The van der Waals surface area contributed by atoms with Gasteiger partial charge in [-0.3, -0.25) is 0 Å². The molecule has 0 saturated carbocycles. The van der Waals surface area contributed by atoms with Crippen molar-refractivity contribution in [2.45, 2.75) is 0 Å². The lowest BCUT2D eigenvalue weighted by Crippen LogP contribution is -2.06. The molecule has 0 unspecified atom stereocenters. The van der Waals surface area contributed by atoms with Crippen molar-refractivity contribution in [3.05, 3.63) is 34.9 Å². The van der Waals surface area contributed by atoms with Crippen molar-refractivity contribution < 1.29 is 18.3 Å². The fourth-order valence-electron chi connectivity index (χ4n) is 0.899. The van der Waals surface area contributed by atoms with Crippen molar-refractivity contribution in [2.75, 3.05) is 7.11 Å². The summed E-state index contributed by atoms with van der Waals surface area (Å²) in [5, 5.41) is 8.36. The van der Waals surface area contributed by atoms with Crippen LogP contribution >= 0.6 is 0 Å². The molecule has 0 aliphatic heterocycles. The number of rotatable bonds is 1. The average Bonchev–Trinajstić information content (AvgIpc) is 2.19. The molecule has 0 N–H and O–H groups in total. The van der Waals surface area contributed by atoms with Crippen LogP contribution in [0.3, 0.4) is 0 Å². The summed E-state index contributed by atoms with van der Waals surface area (Å²) in [6, 6.07) is 2.75. The number of esters is 1. The summed E-state index contributed by atoms with van der Waals surface area (Å²) >= 11 is 0. The maximum absolute atomic E-state index is 13.0. The van der Waals surface area contributed by atoms with Crippen LogP contribution in [0.2, 0.25) is 0 Å². The number of halogens is 2. The van der Waals surface area contributed by atoms with Gasteiger partial charge < -0.3 is 4.74 Å². The Hall–Kier alpha value is -1.96. The third kappa shape index (κ3) is 1.69. The average molecular weight is 197 g/mol. The smallest absolute Gasteiger partial charge is 0.340 e. The van der Waals surface area contributed by atoms with Crippen LogP contribution in [-0.4, -0.2) is 13.1 Å². The molecule has 0 radical (unpaired) electrons. The van der Waals surface area contributed by atoms with Crippen LogP contribution in [0.15, 0.2) is 12.1 Å². The van der Waals surface area contributed by atoms with Gasteiger partial charge in [0.25, 0.3) is 0 Å². The molecule has 14 heavy (non-hydrogen) atoms. The Kier molecular flexibility index (Phi) is 2.77. The normalized spacial score (nSPS) is 9.29. The largest absolute Gasteiger partial charge is 0.465 e. The maximum Gasteiger partial charge on any atom is 0.340 e. The molecule has 0 bridgehead atoms. The van der Waals surface area contributed by atoms with Crippen LogP contribution < -0.4 is 0 Å². The molecule has 0 aliphatic carbocycles. The van der Waals surface area contributed by atoms with E-state index in [-0.39, 0.29) is 0 Å². The fourth-order valence-corrected chi connectivity index (χ4v) is 0.899. The second kappa shape index (κ2) is 3.83. The first-order valence-electron chi connectivity index (χ1n) is 3.57. The highest BCUT2D eigenvalue weighted by molar-refractivity contribution is 5.89. The van der Waals surface area contributed by atoms with E-state index in [1.165, 1.54) is 6.07 Å². The minimum Gasteiger partial charge on any atom is -0.465 e. The Labute approximate surface area is 78.5 Å². The zero-order valence-corrected chi connectivity index (χ0v) is 7.17. The Bertz CT molecular complexity index is 424. The molecule has 0 heterocycles. The molecular formula is C9H5F2NO2. The monoisotopic (exact) mass is 197 g/mol. The van der Waals surface area contributed by atoms with E-state index in [0.717, 1.165) is 7.11 Å². The van der Waals surface area contributed by atoms with Crippen molar-refractivity contribution in [3.63, 3.8) is 0 Å². The van der Waals surface area contributed by atoms with E-state index in [0.29, 0.717) is 12.1 Å². The van der Waals surface area contributed by atoms with Gasteiger partial charge in [0.2, 0.25) is 0 Å². The second-order valence-electron chi connectivity index (χ2n) is 2.42. The summed E-state index contributed by atoms with van der Waals surface area (Å²) < 4.78 is 30.2. The molecule has 1 aromatic rings. The quantitative estimate of drug-likeness (QED) is 0.643. The molecule has 0 atom stereocenters. The Balaban J connectivity index is 3.30. The zero-order valence-electron chi connectivity index (χ0n) is 7.17. The van der Waals surface area contributed by atoms with E-state index in [2.05, 4.69) is 4.74 Å². The maximum atomic E-state index is 13.0. The van der Waals surface area contributed by atoms with E-state index in [1.807, 2.05) is 0 Å².